The molecule has 2 saturated heterocycles. The summed E-state index contributed by atoms with van der Waals surface area (Å²) in [5.74, 6) is 1.01. The third-order valence-corrected chi connectivity index (χ3v) is 7.48. The number of likely N-dealkylation sites (tertiary alicyclic amines) is 1. The van der Waals surface area contributed by atoms with Gasteiger partial charge in [-0.15, -0.1) is 0 Å². The predicted molar refractivity (Wildman–Crippen MR) is 107 cm³/mol. The molecule has 4 rings (SSSR count). The number of benzene rings is 1. The molecule has 1 aliphatic carbocycles. The van der Waals surface area contributed by atoms with E-state index in [2.05, 4.69) is 35.6 Å². The molecule has 2 aliphatic heterocycles. The fourth-order valence-electron chi connectivity index (χ4n) is 5.76. The van der Waals surface area contributed by atoms with Crippen molar-refractivity contribution in [1.82, 2.24) is 15.5 Å². The van der Waals surface area contributed by atoms with Gasteiger partial charge in [0, 0.05) is 18.0 Å². The number of nitrogens with one attached hydrogen (secondary N) is 2. The quantitative estimate of drug-likeness (QED) is 0.759. The summed E-state index contributed by atoms with van der Waals surface area (Å²) in [4.78, 5) is 15.0. The van der Waals surface area contributed by atoms with Crippen LogP contribution in [-0.4, -0.2) is 54.7 Å². The van der Waals surface area contributed by atoms with Gasteiger partial charge in [0.15, 0.2) is 0 Å². The lowest BCUT2D eigenvalue weighted by Gasteiger charge is -2.55. The maximum atomic E-state index is 12.5. The second kappa shape index (κ2) is 7.44. The number of hydrogen-bond acceptors (Lipinski definition) is 4. The fraction of sp³-hybridized carbons (Fsp3) is 0.682. The van der Waals surface area contributed by atoms with E-state index in [1.807, 2.05) is 12.1 Å². The smallest absolute Gasteiger partial charge is 0.237 e. The van der Waals surface area contributed by atoms with Crippen LogP contribution < -0.4 is 10.6 Å². The predicted octanol–water partition coefficient (Wildman–Crippen LogP) is 2.17. The molecule has 3 N–H and O–H groups in total. The van der Waals surface area contributed by atoms with Crippen molar-refractivity contribution in [3.63, 3.8) is 0 Å². The highest BCUT2D eigenvalue weighted by Crippen LogP contribution is 2.51. The second-order valence-electron chi connectivity index (χ2n) is 8.83. The lowest BCUT2D eigenvalue weighted by atomic mass is 9.56. The molecule has 2 fully saturated rings. The van der Waals surface area contributed by atoms with Crippen molar-refractivity contribution in [2.45, 2.75) is 62.9 Å². The molecule has 1 amide bonds. The summed E-state index contributed by atoms with van der Waals surface area (Å²) in [5, 5.41) is 16.7. The highest BCUT2D eigenvalue weighted by atomic mass is 16.3. The number of fused-ring (bicyclic) bond motifs is 4. The number of rotatable bonds is 4. The molecule has 148 valence electrons. The van der Waals surface area contributed by atoms with Gasteiger partial charge in [0.1, 0.15) is 5.75 Å². The fourth-order valence-corrected chi connectivity index (χ4v) is 5.76. The molecule has 1 aromatic carbocycles. The molecule has 0 aromatic heterocycles. The van der Waals surface area contributed by atoms with Gasteiger partial charge in [-0.3, -0.25) is 4.79 Å². The minimum absolute atomic E-state index is 0.0263. The Bertz CT molecular complexity index is 701. The van der Waals surface area contributed by atoms with Gasteiger partial charge in [-0.1, -0.05) is 19.4 Å². The van der Waals surface area contributed by atoms with Crippen LogP contribution in [0, 0.1) is 5.92 Å². The standard InChI is InChI=1S/C22H33N3O2/c1-15-20-13-16-6-7-17(26)14-18(16)22(15,9-12-25(20)2)8-11-24-21(27)19-5-3-4-10-23-19/h6-7,14-15,19-20,23,26H,3-5,8-13H2,1-2H3,(H,24,27)/t15-,19-,20+,22+/m0/s1. The number of amides is 1. The summed E-state index contributed by atoms with van der Waals surface area (Å²) in [7, 11) is 2.23. The number of likely N-dealkylation sites (N-methyl/N-ethyl adjacent to an activating group) is 1. The van der Waals surface area contributed by atoms with Crippen LogP contribution in [0.25, 0.3) is 0 Å². The number of carbonyl (C=O) groups is 1. The number of nitrogens with zero attached hydrogens (tertiary/aromatic N) is 1. The lowest BCUT2D eigenvalue weighted by molar-refractivity contribution is -0.123. The van der Waals surface area contributed by atoms with Crippen molar-refractivity contribution in [2.75, 3.05) is 26.7 Å². The molecule has 4 atom stereocenters. The van der Waals surface area contributed by atoms with Crippen molar-refractivity contribution in [3.05, 3.63) is 29.3 Å². The van der Waals surface area contributed by atoms with Crippen LogP contribution in [0.2, 0.25) is 0 Å². The van der Waals surface area contributed by atoms with Gasteiger partial charge in [0.2, 0.25) is 5.91 Å². The topological polar surface area (TPSA) is 64.6 Å². The van der Waals surface area contributed by atoms with E-state index in [4.69, 9.17) is 0 Å². The van der Waals surface area contributed by atoms with Crippen LogP contribution in [0.15, 0.2) is 18.2 Å². The summed E-state index contributed by atoms with van der Waals surface area (Å²) in [6.45, 7) is 5.08. The van der Waals surface area contributed by atoms with E-state index in [-0.39, 0.29) is 17.4 Å². The van der Waals surface area contributed by atoms with Crippen LogP contribution in [-0.2, 0) is 16.6 Å². The molecule has 0 saturated carbocycles. The lowest BCUT2D eigenvalue weighted by Crippen LogP contribution is -2.58. The largest absolute Gasteiger partial charge is 0.508 e. The van der Waals surface area contributed by atoms with Gasteiger partial charge < -0.3 is 20.6 Å². The van der Waals surface area contributed by atoms with Gasteiger partial charge in [-0.05, 0) is 81.4 Å². The normalized spacial score (nSPS) is 33.3. The average molecular weight is 372 g/mol. The summed E-state index contributed by atoms with van der Waals surface area (Å²) in [6, 6.07) is 6.40. The number of piperidine rings is 2. The Balaban J connectivity index is 1.52. The van der Waals surface area contributed by atoms with E-state index >= 15 is 0 Å². The van der Waals surface area contributed by atoms with Gasteiger partial charge in [-0.25, -0.2) is 0 Å². The first-order valence-electron chi connectivity index (χ1n) is 10.5. The first-order valence-corrected chi connectivity index (χ1v) is 10.5. The zero-order chi connectivity index (χ0) is 19.0. The molecule has 5 heteroatoms. The zero-order valence-corrected chi connectivity index (χ0v) is 16.6. The zero-order valence-electron chi connectivity index (χ0n) is 16.6. The minimum atomic E-state index is -0.0263. The number of aromatic hydroxyl groups is 1. The first-order chi connectivity index (χ1) is 13.0. The van der Waals surface area contributed by atoms with Gasteiger partial charge >= 0.3 is 0 Å². The summed E-state index contributed by atoms with van der Waals surface area (Å²) < 4.78 is 0. The Morgan fingerprint density at radius 3 is 3.04 bits per heavy atom. The third kappa shape index (κ3) is 3.36. The van der Waals surface area contributed by atoms with E-state index in [9.17, 15) is 9.90 Å². The highest BCUT2D eigenvalue weighted by molar-refractivity contribution is 5.81. The number of phenols is 1. The monoisotopic (exact) mass is 371 g/mol. The van der Waals surface area contributed by atoms with Crippen molar-refractivity contribution >= 4 is 5.91 Å². The summed E-state index contributed by atoms with van der Waals surface area (Å²) >= 11 is 0. The molecule has 0 radical (unpaired) electrons. The SMILES string of the molecule is C[C@H]1[C@H]2Cc3ccc(O)cc3[C@]1(CCNC(=O)[C@@H]1CCCCN1)CCN2C. The maximum Gasteiger partial charge on any atom is 0.237 e. The Kier molecular flexibility index (Phi) is 5.17. The molecule has 0 spiro atoms. The maximum absolute atomic E-state index is 12.5. The minimum Gasteiger partial charge on any atom is -0.508 e. The molecule has 3 aliphatic rings. The molecule has 27 heavy (non-hydrogen) atoms. The molecule has 5 nitrogen and oxygen atoms in total. The van der Waals surface area contributed by atoms with E-state index in [0.717, 1.165) is 45.2 Å². The van der Waals surface area contributed by atoms with Crippen LogP contribution in [0.5, 0.6) is 5.75 Å². The Morgan fingerprint density at radius 2 is 2.26 bits per heavy atom. The molecule has 2 heterocycles. The summed E-state index contributed by atoms with van der Waals surface area (Å²) in [6.07, 6.45) is 6.30. The first kappa shape index (κ1) is 18.8. The van der Waals surface area contributed by atoms with E-state index in [1.165, 1.54) is 17.5 Å². The van der Waals surface area contributed by atoms with E-state index < -0.39 is 0 Å². The van der Waals surface area contributed by atoms with E-state index in [0.29, 0.717) is 24.3 Å². The Morgan fingerprint density at radius 1 is 1.41 bits per heavy atom. The average Bonchev–Trinajstić information content (AvgIpc) is 2.68. The highest BCUT2D eigenvalue weighted by Gasteiger charge is 2.50. The van der Waals surface area contributed by atoms with E-state index in [1.54, 1.807) is 0 Å². The van der Waals surface area contributed by atoms with Gasteiger partial charge in [-0.2, -0.15) is 0 Å². The Labute approximate surface area is 162 Å². The molecule has 2 bridgehead atoms. The third-order valence-electron chi connectivity index (χ3n) is 7.48. The van der Waals surface area contributed by atoms with Crippen LogP contribution in [0.4, 0.5) is 0 Å². The number of hydrogen-bond donors (Lipinski definition) is 3. The summed E-state index contributed by atoms with van der Waals surface area (Å²) in [5.41, 5.74) is 2.71. The molecular weight excluding hydrogens is 338 g/mol. The molecule has 0 unspecified atom stereocenters. The molecular formula is C22H33N3O2. The van der Waals surface area contributed by atoms with Gasteiger partial charge in [0.05, 0.1) is 6.04 Å². The number of carbonyl (C=O) groups excluding carboxylic acids is 1. The van der Waals surface area contributed by atoms with Crippen molar-refractivity contribution < 1.29 is 9.90 Å². The van der Waals surface area contributed by atoms with Crippen LogP contribution >= 0.6 is 0 Å². The van der Waals surface area contributed by atoms with Crippen LogP contribution in [0.1, 0.15) is 50.2 Å². The molecule has 1 aromatic rings. The van der Waals surface area contributed by atoms with Crippen molar-refractivity contribution in [2.24, 2.45) is 5.92 Å². The van der Waals surface area contributed by atoms with Crippen molar-refractivity contribution in [1.29, 1.82) is 0 Å². The van der Waals surface area contributed by atoms with Crippen molar-refractivity contribution in [3.8, 4) is 5.75 Å². The van der Waals surface area contributed by atoms with Crippen LogP contribution in [0.3, 0.4) is 0 Å². The number of phenolic OH excluding ortho intramolecular Hbond substituents is 1. The second-order valence-corrected chi connectivity index (χ2v) is 8.83. The Hall–Kier alpha value is -1.59. The van der Waals surface area contributed by atoms with Gasteiger partial charge in [0.25, 0.3) is 0 Å².